The average molecular weight is 326 g/mol. The number of ether oxygens (including phenoxy) is 2. The number of aromatic nitrogens is 1. The van der Waals surface area contributed by atoms with Crippen molar-refractivity contribution in [1.29, 1.82) is 0 Å². The third-order valence-corrected chi connectivity index (χ3v) is 4.27. The minimum Gasteiger partial charge on any atom is -0.489 e. The second-order valence-electron chi connectivity index (χ2n) is 5.73. The van der Waals surface area contributed by atoms with Crippen LogP contribution in [0.1, 0.15) is 22.0 Å². The third kappa shape index (κ3) is 2.25. The van der Waals surface area contributed by atoms with Crippen molar-refractivity contribution in [2.75, 3.05) is 7.05 Å². The van der Waals surface area contributed by atoms with E-state index in [0.29, 0.717) is 17.2 Å². The fourth-order valence-corrected chi connectivity index (χ4v) is 3.06. The van der Waals surface area contributed by atoms with Gasteiger partial charge < -0.3 is 19.9 Å². The van der Waals surface area contributed by atoms with Crippen LogP contribution < -0.4 is 14.8 Å². The number of hydrogen-bond donors (Lipinski definition) is 2. The summed E-state index contributed by atoms with van der Waals surface area (Å²) in [5, 5.41) is 11.6. The Morgan fingerprint density at radius 2 is 2.04 bits per heavy atom. The van der Waals surface area contributed by atoms with Gasteiger partial charge in [0.25, 0.3) is 5.91 Å². The number of hydrogen-bond acceptors (Lipinski definition) is 5. The molecule has 1 amide bonds. The number of rotatable bonds is 4. The predicted octanol–water partition coefficient (Wildman–Crippen LogP) is 1.79. The maximum Gasteiger partial charge on any atom is 0.311 e. The van der Waals surface area contributed by atoms with E-state index < -0.39 is 11.9 Å². The number of benzene rings is 1. The molecule has 7 nitrogen and oxygen atoms in total. The highest BCUT2D eigenvalue weighted by molar-refractivity contribution is 5.92. The molecule has 7 heteroatoms. The van der Waals surface area contributed by atoms with Gasteiger partial charge in [-0.25, -0.2) is 0 Å². The number of carbonyl (C=O) groups is 2. The molecule has 2 aliphatic rings. The molecule has 2 heterocycles. The van der Waals surface area contributed by atoms with E-state index in [-0.39, 0.29) is 23.6 Å². The largest absolute Gasteiger partial charge is 0.489 e. The first kappa shape index (κ1) is 14.5. The molecule has 0 unspecified atom stereocenters. The summed E-state index contributed by atoms with van der Waals surface area (Å²) in [7, 11) is 1.53. The van der Waals surface area contributed by atoms with Crippen molar-refractivity contribution < 1.29 is 24.2 Å². The summed E-state index contributed by atoms with van der Waals surface area (Å²) < 4.78 is 11.4. The molecule has 0 saturated heterocycles. The lowest BCUT2D eigenvalue weighted by Crippen LogP contribution is -2.18. The van der Waals surface area contributed by atoms with E-state index in [1.54, 1.807) is 30.3 Å². The van der Waals surface area contributed by atoms with Crippen molar-refractivity contribution in [1.82, 2.24) is 10.3 Å². The number of fused-ring (bicyclic) bond motifs is 3. The smallest absolute Gasteiger partial charge is 0.311 e. The summed E-state index contributed by atoms with van der Waals surface area (Å²) in [5.74, 6) is 0.0102. The minimum absolute atomic E-state index is 0.111. The fraction of sp³-hybridized carbons (Fsp3) is 0.235. The van der Waals surface area contributed by atoms with E-state index in [2.05, 4.69) is 10.3 Å². The van der Waals surface area contributed by atoms with Crippen LogP contribution in [0.5, 0.6) is 17.2 Å². The standard InChI is InChI=1S/C17H14N2O5/c1-18-16(20)11-7-9(4-5-19-11)23-8-2-3-12-10(6-8)13-14(17(21)22)15(13)24-12/h2-7,13-15H,1H3,(H,18,20)(H,21,22)/t13-,14-,15-/m0/s1. The molecule has 24 heavy (non-hydrogen) atoms. The van der Waals surface area contributed by atoms with Gasteiger partial charge in [0.15, 0.2) is 0 Å². The molecule has 1 aliphatic carbocycles. The van der Waals surface area contributed by atoms with Crippen molar-refractivity contribution in [3.8, 4) is 17.2 Å². The molecule has 0 spiro atoms. The van der Waals surface area contributed by atoms with Crippen LogP contribution in [0.2, 0.25) is 0 Å². The summed E-state index contributed by atoms with van der Waals surface area (Å²) in [6.07, 6.45) is 1.22. The van der Waals surface area contributed by atoms with Crippen LogP contribution in [-0.2, 0) is 4.79 Å². The minimum atomic E-state index is -0.841. The van der Waals surface area contributed by atoms with E-state index in [1.807, 2.05) is 0 Å². The lowest BCUT2D eigenvalue weighted by Gasteiger charge is -2.10. The number of nitrogens with one attached hydrogen (secondary N) is 1. The molecular weight excluding hydrogens is 312 g/mol. The van der Waals surface area contributed by atoms with E-state index >= 15 is 0 Å². The lowest BCUT2D eigenvalue weighted by molar-refractivity contribution is -0.139. The third-order valence-electron chi connectivity index (χ3n) is 4.27. The van der Waals surface area contributed by atoms with Crippen molar-refractivity contribution in [2.24, 2.45) is 5.92 Å². The summed E-state index contributed by atoms with van der Waals surface area (Å²) in [4.78, 5) is 26.7. The summed E-state index contributed by atoms with van der Waals surface area (Å²) in [5.41, 5.74) is 1.11. The van der Waals surface area contributed by atoms with Gasteiger partial charge in [-0.1, -0.05) is 0 Å². The van der Waals surface area contributed by atoms with Gasteiger partial charge in [0.2, 0.25) is 0 Å². The van der Waals surface area contributed by atoms with E-state index in [9.17, 15) is 9.59 Å². The average Bonchev–Trinajstić information content (AvgIpc) is 3.19. The van der Waals surface area contributed by atoms with E-state index in [4.69, 9.17) is 14.6 Å². The number of amides is 1. The summed E-state index contributed by atoms with van der Waals surface area (Å²) in [6, 6.07) is 8.51. The van der Waals surface area contributed by atoms with Crippen LogP contribution in [0.25, 0.3) is 0 Å². The number of carboxylic acids is 1. The van der Waals surface area contributed by atoms with Crippen molar-refractivity contribution in [3.05, 3.63) is 47.8 Å². The topological polar surface area (TPSA) is 97.8 Å². The SMILES string of the molecule is CNC(=O)c1cc(Oc2ccc3c(c2)[C@@H]2[C@H](O3)[C@H]2C(=O)O)ccn1. The van der Waals surface area contributed by atoms with Gasteiger partial charge in [-0.05, 0) is 24.3 Å². The Kier molecular flexibility index (Phi) is 3.16. The van der Waals surface area contributed by atoms with Crippen molar-refractivity contribution in [2.45, 2.75) is 12.0 Å². The first-order chi connectivity index (χ1) is 11.6. The molecule has 122 valence electrons. The Hall–Kier alpha value is -3.09. The maximum atomic E-state index is 11.6. The highest BCUT2D eigenvalue weighted by Gasteiger charge is 2.63. The fourth-order valence-electron chi connectivity index (χ4n) is 3.06. The molecular formula is C17H14N2O5. The summed E-state index contributed by atoms with van der Waals surface area (Å²) >= 11 is 0. The normalized spacial score (nSPS) is 22.8. The predicted molar refractivity (Wildman–Crippen MR) is 82.4 cm³/mol. The van der Waals surface area contributed by atoms with Crippen molar-refractivity contribution >= 4 is 11.9 Å². The van der Waals surface area contributed by atoms with Crippen LogP contribution >= 0.6 is 0 Å². The number of aliphatic carboxylic acids is 1. The number of pyridine rings is 1. The highest BCUT2D eigenvalue weighted by atomic mass is 16.5. The Morgan fingerprint density at radius 1 is 1.25 bits per heavy atom. The van der Waals surface area contributed by atoms with Crippen LogP contribution in [-0.4, -0.2) is 35.1 Å². The van der Waals surface area contributed by atoms with Gasteiger partial charge in [0.1, 0.15) is 35.0 Å². The maximum absolute atomic E-state index is 11.6. The first-order valence-corrected chi connectivity index (χ1v) is 7.48. The highest BCUT2D eigenvalue weighted by Crippen LogP contribution is 2.58. The number of carbonyl (C=O) groups excluding carboxylic acids is 1. The second-order valence-corrected chi connectivity index (χ2v) is 5.73. The number of nitrogens with zero attached hydrogens (tertiary/aromatic N) is 1. The Bertz CT molecular complexity index is 851. The molecule has 3 atom stereocenters. The first-order valence-electron chi connectivity index (χ1n) is 7.48. The van der Waals surface area contributed by atoms with Crippen LogP contribution in [0, 0.1) is 5.92 Å². The molecule has 1 fully saturated rings. The van der Waals surface area contributed by atoms with Crippen LogP contribution in [0.3, 0.4) is 0 Å². The molecule has 1 aromatic heterocycles. The molecule has 1 aromatic carbocycles. The second kappa shape index (κ2) is 5.23. The molecule has 2 aromatic rings. The molecule has 1 saturated carbocycles. The molecule has 0 radical (unpaired) electrons. The molecule has 2 N–H and O–H groups in total. The van der Waals surface area contributed by atoms with Crippen molar-refractivity contribution in [3.63, 3.8) is 0 Å². The molecule has 4 rings (SSSR count). The quantitative estimate of drug-likeness (QED) is 0.889. The van der Waals surface area contributed by atoms with E-state index in [0.717, 1.165) is 5.56 Å². The van der Waals surface area contributed by atoms with Gasteiger partial charge >= 0.3 is 5.97 Å². The lowest BCUT2D eigenvalue weighted by atomic mass is 10.1. The van der Waals surface area contributed by atoms with Gasteiger partial charge in [0, 0.05) is 30.8 Å². The zero-order chi connectivity index (χ0) is 16.8. The van der Waals surface area contributed by atoms with Gasteiger partial charge in [-0.15, -0.1) is 0 Å². The summed E-state index contributed by atoms with van der Waals surface area (Å²) in [6.45, 7) is 0. The van der Waals surface area contributed by atoms with Gasteiger partial charge in [-0.2, -0.15) is 0 Å². The van der Waals surface area contributed by atoms with Gasteiger partial charge in [0.05, 0.1) is 0 Å². The monoisotopic (exact) mass is 326 g/mol. The van der Waals surface area contributed by atoms with Crippen LogP contribution in [0.15, 0.2) is 36.5 Å². The Morgan fingerprint density at radius 3 is 2.79 bits per heavy atom. The van der Waals surface area contributed by atoms with Gasteiger partial charge in [-0.3, -0.25) is 14.6 Å². The number of carboxylic acid groups (broad SMARTS) is 1. The zero-order valence-electron chi connectivity index (χ0n) is 12.7. The Labute approximate surface area is 137 Å². The molecule has 0 bridgehead atoms. The molecule has 1 aliphatic heterocycles. The Balaban J connectivity index is 1.57. The van der Waals surface area contributed by atoms with Crippen LogP contribution in [0.4, 0.5) is 0 Å². The zero-order valence-corrected chi connectivity index (χ0v) is 12.7. The van der Waals surface area contributed by atoms with E-state index in [1.165, 1.54) is 13.2 Å².